The van der Waals surface area contributed by atoms with E-state index in [9.17, 15) is 0 Å². The molecule has 0 saturated heterocycles. The van der Waals surface area contributed by atoms with Gasteiger partial charge >= 0.3 is 8.80 Å². The predicted octanol–water partition coefficient (Wildman–Crippen LogP) is 3.72. The van der Waals surface area contributed by atoms with Crippen molar-refractivity contribution >= 4 is 44.1 Å². The molecule has 0 spiro atoms. The van der Waals surface area contributed by atoms with E-state index >= 15 is 0 Å². The lowest BCUT2D eigenvalue weighted by molar-refractivity contribution is 0.0710. The largest absolute Gasteiger partial charge is 0.501 e. The van der Waals surface area contributed by atoms with Crippen molar-refractivity contribution in [2.24, 2.45) is 0 Å². The summed E-state index contributed by atoms with van der Waals surface area (Å²) in [5, 5.41) is 32.9. The number of hydrogen-bond donors (Lipinski definition) is 0. The van der Waals surface area contributed by atoms with E-state index in [1.807, 2.05) is 37.0 Å². The lowest BCUT2D eigenvalue weighted by atomic mass is 10.5. The zero-order chi connectivity index (χ0) is 16.9. The van der Waals surface area contributed by atoms with E-state index in [0.717, 1.165) is 35.3 Å². The highest BCUT2D eigenvalue weighted by Gasteiger charge is 2.45. The van der Waals surface area contributed by atoms with E-state index in [2.05, 4.69) is 0 Å². The van der Waals surface area contributed by atoms with Gasteiger partial charge in [0.15, 0.2) is 0 Å². The fraction of sp³-hybridized carbons (Fsp3) is 0.750. The summed E-state index contributed by atoms with van der Waals surface area (Å²) in [6, 6.07) is 0.445. The first-order valence-corrected chi connectivity index (χ1v) is 11.1. The molecule has 6 nitrogen and oxygen atoms in total. The molecule has 10 heteroatoms. The maximum Gasteiger partial charge on any atom is 0.501 e. The monoisotopic (exact) mass is 377 g/mol. The van der Waals surface area contributed by atoms with Gasteiger partial charge in [0.25, 0.3) is 0 Å². The Morgan fingerprint density at radius 1 is 0.818 bits per heavy atom. The Morgan fingerprint density at radius 2 is 1.18 bits per heavy atom. The summed E-state index contributed by atoms with van der Waals surface area (Å²) in [6.45, 7) is 6.98. The van der Waals surface area contributed by atoms with Crippen molar-refractivity contribution in [3.05, 3.63) is 0 Å². The van der Waals surface area contributed by atoms with E-state index in [0.29, 0.717) is 32.3 Å². The zero-order valence-corrected chi connectivity index (χ0v) is 16.3. The third-order valence-electron chi connectivity index (χ3n) is 2.43. The molecule has 0 amide bonds. The molecule has 0 unspecified atom stereocenters. The molecule has 0 heterocycles. The molecule has 0 saturated carbocycles. The number of thiocyanates is 3. The smallest absolute Gasteiger partial charge is 0.374 e. The molecule has 0 rings (SSSR count). The third kappa shape index (κ3) is 7.25. The van der Waals surface area contributed by atoms with Gasteiger partial charge in [-0.3, -0.25) is 0 Å². The van der Waals surface area contributed by atoms with Gasteiger partial charge in [-0.2, -0.15) is 15.8 Å². The van der Waals surface area contributed by atoms with Crippen molar-refractivity contribution in [3.8, 4) is 16.2 Å². The fourth-order valence-corrected chi connectivity index (χ4v) is 7.16. The summed E-state index contributed by atoms with van der Waals surface area (Å²) < 4.78 is 16.4. The summed E-state index contributed by atoms with van der Waals surface area (Å²) in [4.78, 5) is 0. The standard InChI is InChI=1S/C12H19N3O3S3Si/c1-4-16-22(17-5-2,18-6-3)8-7-12(19-9-13,20-10-14)21-11-15/h4-8H2,1-3H3. The average molecular weight is 378 g/mol. The van der Waals surface area contributed by atoms with Crippen LogP contribution in [0.15, 0.2) is 0 Å². The number of hydrogen-bond acceptors (Lipinski definition) is 9. The van der Waals surface area contributed by atoms with Crippen LogP contribution in [0.2, 0.25) is 6.04 Å². The first-order valence-electron chi connectivity index (χ1n) is 6.70. The van der Waals surface area contributed by atoms with Gasteiger partial charge in [-0.15, -0.1) is 0 Å². The summed E-state index contributed by atoms with van der Waals surface area (Å²) >= 11 is 2.73. The predicted molar refractivity (Wildman–Crippen MR) is 92.4 cm³/mol. The molecule has 0 aromatic heterocycles. The SMILES string of the molecule is CCO[Si](CCC(SC#N)(SC#N)SC#N)(OCC)OCC. The summed E-state index contributed by atoms with van der Waals surface area (Å²) in [5.41, 5.74) is 0. The molecule has 0 fully saturated rings. The van der Waals surface area contributed by atoms with Crippen molar-refractivity contribution in [1.82, 2.24) is 0 Å². The average Bonchev–Trinajstić information content (AvgIpc) is 2.47. The Balaban J connectivity index is 5.20. The van der Waals surface area contributed by atoms with Crippen molar-refractivity contribution in [2.75, 3.05) is 19.8 Å². The van der Waals surface area contributed by atoms with E-state index in [4.69, 9.17) is 29.1 Å². The molecule has 22 heavy (non-hydrogen) atoms. The maximum atomic E-state index is 8.98. The molecule has 0 aromatic rings. The molecule has 0 aliphatic carbocycles. The summed E-state index contributed by atoms with van der Waals surface area (Å²) in [5.74, 6) is 0. The van der Waals surface area contributed by atoms with E-state index in [1.165, 1.54) is 0 Å². The molecule has 0 aromatic carbocycles. The van der Waals surface area contributed by atoms with Gasteiger partial charge in [0.2, 0.25) is 0 Å². The van der Waals surface area contributed by atoms with Crippen LogP contribution in [0, 0.1) is 32.0 Å². The number of nitriles is 3. The summed E-state index contributed by atoms with van der Waals surface area (Å²) in [7, 11) is -2.86. The van der Waals surface area contributed by atoms with Gasteiger partial charge in [-0.05, 0) is 62.5 Å². The molecule has 0 radical (unpaired) electrons. The van der Waals surface area contributed by atoms with Crippen molar-refractivity contribution in [3.63, 3.8) is 0 Å². The second-order valence-electron chi connectivity index (χ2n) is 3.75. The molecule has 0 N–H and O–H groups in total. The highest BCUT2D eigenvalue weighted by Crippen LogP contribution is 2.50. The van der Waals surface area contributed by atoms with Gasteiger partial charge in [0.1, 0.15) is 19.6 Å². The van der Waals surface area contributed by atoms with Crippen LogP contribution in [0.5, 0.6) is 0 Å². The molecular formula is C12H19N3O3S3Si. The van der Waals surface area contributed by atoms with Crippen LogP contribution in [0.1, 0.15) is 27.2 Å². The molecule has 122 valence electrons. The van der Waals surface area contributed by atoms with Gasteiger partial charge in [0.05, 0.1) is 0 Å². The first kappa shape index (κ1) is 21.6. The Hall–Kier alpha value is -0.383. The van der Waals surface area contributed by atoms with Crippen LogP contribution in [0.4, 0.5) is 0 Å². The number of rotatable bonds is 12. The maximum absolute atomic E-state index is 8.98. The third-order valence-corrected chi connectivity index (χ3v) is 8.80. The van der Waals surface area contributed by atoms with Crippen molar-refractivity contribution in [1.29, 1.82) is 15.8 Å². The van der Waals surface area contributed by atoms with Gasteiger partial charge in [-0.25, -0.2) is 0 Å². The minimum Gasteiger partial charge on any atom is -0.374 e. The fourth-order valence-electron chi connectivity index (χ4n) is 1.73. The van der Waals surface area contributed by atoms with E-state index in [1.54, 1.807) is 0 Å². The quantitative estimate of drug-likeness (QED) is 0.286. The Morgan fingerprint density at radius 3 is 1.45 bits per heavy atom. The zero-order valence-electron chi connectivity index (χ0n) is 12.8. The van der Waals surface area contributed by atoms with Crippen LogP contribution in [-0.4, -0.2) is 32.0 Å². The number of nitrogens with zero attached hydrogens (tertiary/aromatic N) is 3. The minimum absolute atomic E-state index is 0.397. The van der Waals surface area contributed by atoms with E-state index < -0.39 is 12.2 Å². The van der Waals surface area contributed by atoms with E-state index in [-0.39, 0.29) is 0 Å². The second-order valence-corrected chi connectivity index (χ2v) is 10.5. The number of thioether (sulfide) groups is 3. The molecule has 0 aliphatic heterocycles. The van der Waals surface area contributed by atoms with Gasteiger partial charge in [-0.1, -0.05) is 0 Å². The molecule has 0 aliphatic rings. The minimum atomic E-state index is -2.86. The van der Waals surface area contributed by atoms with Crippen LogP contribution in [0.3, 0.4) is 0 Å². The van der Waals surface area contributed by atoms with Gasteiger partial charge in [0, 0.05) is 25.9 Å². The van der Waals surface area contributed by atoms with Crippen LogP contribution in [0.25, 0.3) is 0 Å². The highest BCUT2D eigenvalue weighted by molar-refractivity contribution is 8.37. The Kier molecular flexibility index (Phi) is 11.9. The normalized spacial score (nSPS) is 11.5. The lowest BCUT2D eigenvalue weighted by Crippen LogP contribution is -2.46. The van der Waals surface area contributed by atoms with Crippen molar-refractivity contribution in [2.45, 2.75) is 36.6 Å². The Bertz CT molecular complexity index is 390. The van der Waals surface area contributed by atoms with Crippen LogP contribution >= 0.6 is 35.3 Å². The molecule has 0 bridgehead atoms. The van der Waals surface area contributed by atoms with Crippen molar-refractivity contribution < 1.29 is 13.3 Å². The summed E-state index contributed by atoms with van der Waals surface area (Å²) in [6.07, 6.45) is 0.397. The first-order chi connectivity index (χ1) is 10.6. The van der Waals surface area contributed by atoms with Gasteiger partial charge < -0.3 is 13.3 Å². The topological polar surface area (TPSA) is 99.1 Å². The second kappa shape index (κ2) is 12.1. The lowest BCUT2D eigenvalue weighted by Gasteiger charge is -2.31. The highest BCUT2D eigenvalue weighted by atomic mass is 32.3. The van der Waals surface area contributed by atoms with Crippen LogP contribution < -0.4 is 0 Å². The molecular weight excluding hydrogens is 358 g/mol. The van der Waals surface area contributed by atoms with Crippen LogP contribution in [-0.2, 0) is 13.3 Å². The Labute approximate surface area is 145 Å². The molecule has 0 atom stereocenters.